The zero-order chi connectivity index (χ0) is 13.1. The molecule has 1 N–H and O–H groups in total. The Morgan fingerprint density at radius 3 is 2.59 bits per heavy atom. The second-order valence-corrected chi connectivity index (χ2v) is 6.21. The highest BCUT2D eigenvalue weighted by Gasteiger charge is 2.14. The molecule has 0 radical (unpaired) electrons. The molecule has 0 bridgehead atoms. The fourth-order valence-electron chi connectivity index (χ4n) is 1.43. The predicted molar refractivity (Wildman–Crippen MR) is 62.5 cm³/mol. The molecule has 1 aromatic rings. The summed E-state index contributed by atoms with van der Waals surface area (Å²) in [7, 11) is -3.05. The van der Waals surface area contributed by atoms with Crippen LogP contribution in [0.25, 0.3) is 0 Å². The number of hydrogen-bond donors (Lipinski definition) is 1. The van der Waals surface area contributed by atoms with Crippen LogP contribution >= 0.6 is 0 Å². The van der Waals surface area contributed by atoms with Gasteiger partial charge >= 0.3 is 0 Å². The summed E-state index contributed by atoms with van der Waals surface area (Å²) in [6.45, 7) is 1.86. The van der Waals surface area contributed by atoms with Gasteiger partial charge in [-0.15, -0.1) is 0 Å². The molecule has 0 saturated heterocycles. The van der Waals surface area contributed by atoms with E-state index in [1.165, 1.54) is 12.1 Å². The molecule has 0 fully saturated rings. The van der Waals surface area contributed by atoms with Crippen molar-refractivity contribution in [3.05, 3.63) is 35.4 Å². The molecule has 1 aromatic carbocycles. The topological polar surface area (TPSA) is 46.2 Å². The largest absolute Gasteiger partial charge is 0.309 e. The van der Waals surface area contributed by atoms with Crippen molar-refractivity contribution >= 4 is 9.84 Å². The van der Waals surface area contributed by atoms with Crippen LogP contribution in [-0.4, -0.2) is 27.0 Å². The Bertz CT molecular complexity index is 488. The summed E-state index contributed by atoms with van der Waals surface area (Å²) in [5.41, 5.74) is 0.193. The van der Waals surface area contributed by atoms with Crippen molar-refractivity contribution in [2.45, 2.75) is 13.0 Å². The van der Waals surface area contributed by atoms with Gasteiger partial charge in [0.05, 0.1) is 5.75 Å². The summed E-state index contributed by atoms with van der Waals surface area (Å²) in [5, 5.41) is 2.84. The first kappa shape index (κ1) is 14.1. The third-order valence-electron chi connectivity index (χ3n) is 2.37. The van der Waals surface area contributed by atoms with Crippen LogP contribution in [0.5, 0.6) is 0 Å². The summed E-state index contributed by atoms with van der Waals surface area (Å²) in [4.78, 5) is 0. The quantitative estimate of drug-likeness (QED) is 0.879. The van der Waals surface area contributed by atoms with Crippen LogP contribution in [0, 0.1) is 11.6 Å². The summed E-state index contributed by atoms with van der Waals surface area (Å²) < 4.78 is 48.1. The molecule has 0 amide bonds. The van der Waals surface area contributed by atoms with Gasteiger partial charge in [0.2, 0.25) is 0 Å². The molecule has 1 rings (SSSR count). The van der Waals surface area contributed by atoms with Crippen LogP contribution < -0.4 is 5.32 Å². The van der Waals surface area contributed by atoms with Crippen LogP contribution in [0.2, 0.25) is 0 Å². The minimum Gasteiger partial charge on any atom is -0.309 e. The number of nitrogens with one attached hydrogen (secondary N) is 1. The Balaban J connectivity index is 2.64. The van der Waals surface area contributed by atoms with Crippen molar-refractivity contribution in [1.29, 1.82) is 0 Å². The van der Waals surface area contributed by atoms with E-state index < -0.39 is 27.5 Å². The van der Waals surface area contributed by atoms with E-state index in [9.17, 15) is 17.2 Å². The Kier molecular flexibility index (Phi) is 4.59. The van der Waals surface area contributed by atoms with E-state index in [4.69, 9.17) is 0 Å². The van der Waals surface area contributed by atoms with Gasteiger partial charge in [-0.1, -0.05) is 12.1 Å². The number of sulfone groups is 1. The molecule has 0 aliphatic rings. The molecular weight excluding hydrogens is 248 g/mol. The minimum atomic E-state index is -3.05. The summed E-state index contributed by atoms with van der Waals surface area (Å²) in [6, 6.07) is 3.49. The maximum absolute atomic E-state index is 13.4. The molecule has 96 valence electrons. The first-order valence-corrected chi connectivity index (χ1v) is 7.22. The van der Waals surface area contributed by atoms with Crippen LogP contribution in [0.1, 0.15) is 18.5 Å². The molecular formula is C11H15F2NO2S. The smallest absolute Gasteiger partial charge is 0.163 e. The van der Waals surface area contributed by atoms with E-state index in [1.807, 2.05) is 0 Å². The van der Waals surface area contributed by atoms with E-state index in [0.29, 0.717) is 0 Å². The highest BCUT2D eigenvalue weighted by Crippen LogP contribution is 2.18. The molecule has 0 aliphatic carbocycles. The molecule has 3 nitrogen and oxygen atoms in total. The van der Waals surface area contributed by atoms with Crippen molar-refractivity contribution in [3.8, 4) is 0 Å². The second-order valence-electron chi connectivity index (χ2n) is 3.95. The first-order valence-electron chi connectivity index (χ1n) is 5.16. The Morgan fingerprint density at radius 2 is 2.00 bits per heavy atom. The van der Waals surface area contributed by atoms with Crippen molar-refractivity contribution in [1.82, 2.24) is 5.32 Å². The maximum Gasteiger partial charge on any atom is 0.163 e. The van der Waals surface area contributed by atoms with E-state index >= 15 is 0 Å². The molecule has 0 aliphatic heterocycles. The minimum absolute atomic E-state index is 0.0335. The van der Waals surface area contributed by atoms with Crippen molar-refractivity contribution < 1.29 is 17.2 Å². The lowest BCUT2D eigenvalue weighted by Crippen LogP contribution is -2.26. The SMILES string of the molecule is CC(NCCS(C)(=O)=O)c1cccc(F)c1F. The average Bonchev–Trinajstić information content (AvgIpc) is 2.20. The summed E-state index contributed by atoms with van der Waals surface area (Å²) in [6.07, 6.45) is 1.13. The Morgan fingerprint density at radius 1 is 1.35 bits per heavy atom. The van der Waals surface area contributed by atoms with Gasteiger partial charge in [0.1, 0.15) is 9.84 Å². The third-order valence-corrected chi connectivity index (χ3v) is 3.32. The van der Waals surface area contributed by atoms with Gasteiger partial charge in [0.25, 0.3) is 0 Å². The number of rotatable bonds is 5. The van der Waals surface area contributed by atoms with Crippen molar-refractivity contribution in [2.24, 2.45) is 0 Å². The summed E-state index contributed by atoms with van der Waals surface area (Å²) >= 11 is 0. The molecule has 17 heavy (non-hydrogen) atoms. The van der Waals surface area contributed by atoms with Crippen LogP contribution in [-0.2, 0) is 9.84 Å². The first-order chi connectivity index (χ1) is 7.81. The van der Waals surface area contributed by atoms with Gasteiger partial charge < -0.3 is 5.32 Å². The molecule has 0 aromatic heterocycles. The van der Waals surface area contributed by atoms with Crippen molar-refractivity contribution in [3.63, 3.8) is 0 Å². The molecule has 6 heteroatoms. The fourth-order valence-corrected chi connectivity index (χ4v) is 1.91. The average molecular weight is 263 g/mol. The van der Waals surface area contributed by atoms with E-state index in [-0.39, 0.29) is 17.9 Å². The van der Waals surface area contributed by atoms with E-state index in [2.05, 4.69) is 5.32 Å². The predicted octanol–water partition coefficient (Wildman–Crippen LogP) is 1.66. The number of hydrogen-bond acceptors (Lipinski definition) is 3. The zero-order valence-corrected chi connectivity index (χ0v) is 10.5. The third kappa shape index (κ3) is 4.40. The standard InChI is InChI=1S/C11H15F2NO2S/c1-8(14-6-7-17(2,15)16)9-4-3-5-10(12)11(9)13/h3-5,8,14H,6-7H2,1-2H3. The van der Waals surface area contributed by atoms with Crippen LogP contribution in [0.4, 0.5) is 8.78 Å². The lowest BCUT2D eigenvalue weighted by atomic mass is 10.1. The van der Waals surface area contributed by atoms with E-state index in [0.717, 1.165) is 12.3 Å². The Labute approximate surface area is 99.8 Å². The van der Waals surface area contributed by atoms with Crippen LogP contribution in [0.3, 0.4) is 0 Å². The highest BCUT2D eigenvalue weighted by molar-refractivity contribution is 7.90. The number of benzene rings is 1. The van der Waals surface area contributed by atoms with Crippen LogP contribution in [0.15, 0.2) is 18.2 Å². The van der Waals surface area contributed by atoms with Gasteiger partial charge in [-0.25, -0.2) is 17.2 Å². The summed E-state index contributed by atoms with van der Waals surface area (Å²) in [5.74, 6) is -1.83. The fraction of sp³-hybridized carbons (Fsp3) is 0.455. The van der Waals surface area contributed by atoms with E-state index in [1.54, 1.807) is 6.92 Å². The molecule has 0 saturated carbocycles. The Hall–Kier alpha value is -1.01. The maximum atomic E-state index is 13.4. The molecule has 0 heterocycles. The van der Waals surface area contributed by atoms with Gasteiger partial charge in [-0.2, -0.15) is 0 Å². The number of halogens is 2. The van der Waals surface area contributed by atoms with Gasteiger partial charge in [-0.05, 0) is 13.0 Å². The monoisotopic (exact) mass is 263 g/mol. The molecule has 1 unspecified atom stereocenters. The lowest BCUT2D eigenvalue weighted by molar-refractivity contribution is 0.476. The van der Waals surface area contributed by atoms with Gasteiger partial charge in [0, 0.05) is 24.4 Å². The second kappa shape index (κ2) is 5.55. The van der Waals surface area contributed by atoms with Crippen molar-refractivity contribution in [2.75, 3.05) is 18.6 Å². The highest BCUT2D eigenvalue weighted by atomic mass is 32.2. The molecule has 0 spiro atoms. The normalized spacial score (nSPS) is 13.6. The van der Waals surface area contributed by atoms with Gasteiger partial charge in [0.15, 0.2) is 11.6 Å². The zero-order valence-electron chi connectivity index (χ0n) is 9.70. The lowest BCUT2D eigenvalue weighted by Gasteiger charge is -2.14. The molecule has 1 atom stereocenters. The van der Waals surface area contributed by atoms with Gasteiger partial charge in [-0.3, -0.25) is 0 Å².